The Bertz CT molecular complexity index is 193. The van der Waals surface area contributed by atoms with Crippen molar-refractivity contribution in [3.05, 3.63) is 12.2 Å². The van der Waals surface area contributed by atoms with Crippen molar-refractivity contribution in [1.29, 1.82) is 5.26 Å². The van der Waals surface area contributed by atoms with Gasteiger partial charge in [0.15, 0.2) is 0 Å². The number of allylic oxidation sites excluding steroid dienone is 1. The first-order chi connectivity index (χ1) is 5.22. The van der Waals surface area contributed by atoms with Crippen molar-refractivity contribution < 1.29 is 9.53 Å². The molecule has 0 radical (unpaired) electrons. The van der Waals surface area contributed by atoms with Crippen molar-refractivity contribution in [2.45, 2.75) is 12.5 Å². The summed E-state index contributed by atoms with van der Waals surface area (Å²) in [5.74, 6) is -0.465. The van der Waals surface area contributed by atoms with E-state index >= 15 is 0 Å². The Labute approximate surface area is 65.2 Å². The van der Waals surface area contributed by atoms with Gasteiger partial charge in [-0.15, -0.1) is 0 Å². The first kappa shape index (κ1) is 9.66. The third kappa shape index (κ3) is 4.12. The van der Waals surface area contributed by atoms with Crippen LogP contribution in [0.2, 0.25) is 0 Å². The molecule has 4 nitrogen and oxygen atoms in total. The number of nitrogens with two attached hydrogens (primary N) is 1. The van der Waals surface area contributed by atoms with E-state index in [1.54, 1.807) is 6.07 Å². The van der Waals surface area contributed by atoms with Crippen LogP contribution in [0.25, 0.3) is 0 Å². The molecule has 0 bridgehead atoms. The molecule has 0 saturated heterocycles. The molecule has 2 N–H and O–H groups in total. The number of methoxy groups -OCH3 is 1. The lowest BCUT2D eigenvalue weighted by atomic mass is 10.2. The minimum absolute atomic E-state index is 0.334. The summed E-state index contributed by atoms with van der Waals surface area (Å²) in [6, 6.07) is 1.13. The van der Waals surface area contributed by atoms with Crippen LogP contribution in [0.1, 0.15) is 6.42 Å². The first-order valence-corrected chi connectivity index (χ1v) is 3.10. The second-order valence-electron chi connectivity index (χ2n) is 1.90. The Morgan fingerprint density at radius 1 is 1.91 bits per heavy atom. The summed E-state index contributed by atoms with van der Waals surface area (Å²) < 4.78 is 4.36. The zero-order valence-electron chi connectivity index (χ0n) is 6.28. The van der Waals surface area contributed by atoms with Gasteiger partial charge in [-0.2, -0.15) is 5.26 Å². The maximum absolute atomic E-state index is 10.6. The van der Waals surface area contributed by atoms with Crippen LogP contribution in [-0.4, -0.2) is 19.1 Å². The number of esters is 1. The Kier molecular flexibility index (Phi) is 4.78. The van der Waals surface area contributed by atoms with Crippen molar-refractivity contribution in [3.63, 3.8) is 0 Å². The monoisotopic (exact) mass is 154 g/mol. The van der Waals surface area contributed by atoms with E-state index in [-0.39, 0.29) is 0 Å². The van der Waals surface area contributed by atoms with E-state index in [0.29, 0.717) is 6.42 Å². The molecule has 0 fully saturated rings. The summed E-state index contributed by atoms with van der Waals surface area (Å²) in [4.78, 5) is 10.6. The van der Waals surface area contributed by atoms with Crippen molar-refractivity contribution in [3.8, 4) is 6.07 Å². The van der Waals surface area contributed by atoms with Gasteiger partial charge in [0.1, 0.15) is 6.04 Å². The van der Waals surface area contributed by atoms with Crippen LogP contribution in [0.4, 0.5) is 0 Å². The van der Waals surface area contributed by atoms with Crippen LogP contribution in [0.15, 0.2) is 12.2 Å². The molecule has 1 atom stereocenters. The van der Waals surface area contributed by atoms with Crippen LogP contribution >= 0.6 is 0 Å². The number of ether oxygens (including phenoxy) is 1. The lowest BCUT2D eigenvalue weighted by Crippen LogP contribution is -2.30. The maximum atomic E-state index is 10.6. The topological polar surface area (TPSA) is 76.1 Å². The number of carbonyl (C=O) groups excluding carboxylic acids is 1. The number of nitriles is 1. The molecule has 0 heterocycles. The van der Waals surface area contributed by atoms with Gasteiger partial charge < -0.3 is 10.5 Å². The van der Waals surface area contributed by atoms with E-state index in [0.717, 1.165) is 0 Å². The highest BCUT2D eigenvalue weighted by atomic mass is 16.5. The molecule has 0 aromatic heterocycles. The molecule has 0 aromatic carbocycles. The van der Waals surface area contributed by atoms with E-state index in [4.69, 9.17) is 11.0 Å². The molecule has 4 heteroatoms. The van der Waals surface area contributed by atoms with Crippen molar-refractivity contribution >= 4 is 5.97 Å². The SMILES string of the molecule is COC(=O)C(N)C/C=C/C#N. The maximum Gasteiger partial charge on any atom is 0.322 e. The highest BCUT2D eigenvalue weighted by molar-refractivity contribution is 5.75. The summed E-state index contributed by atoms with van der Waals surface area (Å²) in [6.45, 7) is 0. The number of nitrogens with zero attached hydrogens (tertiary/aromatic N) is 1. The number of hydrogen-bond donors (Lipinski definition) is 1. The molecular weight excluding hydrogens is 144 g/mol. The van der Waals surface area contributed by atoms with Gasteiger partial charge in [0, 0.05) is 6.08 Å². The van der Waals surface area contributed by atoms with Gasteiger partial charge in [0.05, 0.1) is 13.2 Å². The zero-order chi connectivity index (χ0) is 8.69. The number of carbonyl (C=O) groups is 1. The van der Waals surface area contributed by atoms with Crippen LogP contribution < -0.4 is 5.73 Å². The van der Waals surface area contributed by atoms with E-state index in [2.05, 4.69) is 4.74 Å². The Hall–Kier alpha value is -1.34. The fraction of sp³-hybridized carbons (Fsp3) is 0.429. The van der Waals surface area contributed by atoms with E-state index in [1.807, 2.05) is 0 Å². The Morgan fingerprint density at radius 2 is 2.55 bits per heavy atom. The predicted molar refractivity (Wildman–Crippen MR) is 39.4 cm³/mol. The quantitative estimate of drug-likeness (QED) is 0.457. The molecule has 0 aromatic rings. The van der Waals surface area contributed by atoms with Crippen LogP contribution in [0, 0.1) is 11.3 Å². The molecule has 0 rings (SSSR count). The minimum Gasteiger partial charge on any atom is -0.468 e. The molecule has 0 amide bonds. The Balaban J connectivity index is 3.70. The highest BCUT2D eigenvalue weighted by Crippen LogP contribution is 1.91. The molecule has 1 unspecified atom stereocenters. The molecule has 0 saturated carbocycles. The van der Waals surface area contributed by atoms with Crippen molar-refractivity contribution in [2.75, 3.05) is 7.11 Å². The highest BCUT2D eigenvalue weighted by Gasteiger charge is 2.10. The van der Waals surface area contributed by atoms with Gasteiger partial charge in [-0.1, -0.05) is 6.08 Å². The van der Waals surface area contributed by atoms with E-state index < -0.39 is 12.0 Å². The molecule has 11 heavy (non-hydrogen) atoms. The van der Waals surface area contributed by atoms with E-state index in [1.165, 1.54) is 19.3 Å². The second kappa shape index (κ2) is 5.45. The molecule has 0 spiro atoms. The van der Waals surface area contributed by atoms with Gasteiger partial charge in [0.2, 0.25) is 0 Å². The standard InChI is InChI=1S/C7H10N2O2/c1-11-7(10)6(9)4-2-3-5-8/h2-3,6H,4,9H2,1H3/b3-2+. The van der Waals surface area contributed by atoms with Crippen LogP contribution in [0.5, 0.6) is 0 Å². The molecular formula is C7H10N2O2. The largest absolute Gasteiger partial charge is 0.468 e. The lowest BCUT2D eigenvalue weighted by Gasteiger charge is -2.04. The van der Waals surface area contributed by atoms with Gasteiger partial charge >= 0.3 is 5.97 Å². The fourth-order valence-electron chi connectivity index (χ4n) is 0.515. The third-order valence-corrected chi connectivity index (χ3v) is 1.09. The molecule has 0 aliphatic rings. The number of rotatable bonds is 3. The summed E-state index contributed by atoms with van der Waals surface area (Å²) in [5, 5.41) is 8.08. The summed E-state index contributed by atoms with van der Waals surface area (Å²) in [6.07, 6.45) is 3.14. The van der Waals surface area contributed by atoms with Crippen molar-refractivity contribution in [1.82, 2.24) is 0 Å². The zero-order valence-corrected chi connectivity index (χ0v) is 6.28. The van der Waals surface area contributed by atoms with Gasteiger partial charge in [-0.3, -0.25) is 4.79 Å². The summed E-state index contributed by atoms with van der Waals surface area (Å²) in [7, 11) is 1.27. The average molecular weight is 154 g/mol. The normalized spacial score (nSPS) is 12.5. The summed E-state index contributed by atoms with van der Waals surface area (Å²) >= 11 is 0. The third-order valence-electron chi connectivity index (χ3n) is 1.09. The molecule has 0 aliphatic carbocycles. The summed E-state index contributed by atoms with van der Waals surface area (Å²) in [5.41, 5.74) is 5.33. The van der Waals surface area contributed by atoms with Crippen molar-refractivity contribution in [2.24, 2.45) is 5.73 Å². The smallest absolute Gasteiger partial charge is 0.322 e. The molecule has 60 valence electrons. The average Bonchev–Trinajstić information content (AvgIpc) is 2.03. The minimum atomic E-state index is -0.662. The van der Waals surface area contributed by atoms with Crippen LogP contribution in [0.3, 0.4) is 0 Å². The number of hydrogen-bond acceptors (Lipinski definition) is 4. The van der Waals surface area contributed by atoms with E-state index in [9.17, 15) is 4.79 Å². The lowest BCUT2D eigenvalue weighted by molar-refractivity contribution is -0.142. The van der Waals surface area contributed by atoms with Gasteiger partial charge in [-0.25, -0.2) is 0 Å². The van der Waals surface area contributed by atoms with Gasteiger partial charge in [0.25, 0.3) is 0 Å². The molecule has 0 aliphatic heterocycles. The second-order valence-corrected chi connectivity index (χ2v) is 1.90. The Morgan fingerprint density at radius 3 is 3.00 bits per heavy atom. The predicted octanol–water partition coefficient (Wildman–Crippen LogP) is -0.0434. The van der Waals surface area contributed by atoms with Gasteiger partial charge in [-0.05, 0) is 6.42 Å². The fourth-order valence-corrected chi connectivity index (χ4v) is 0.515. The first-order valence-electron chi connectivity index (χ1n) is 3.10. The van der Waals surface area contributed by atoms with Crippen LogP contribution in [-0.2, 0) is 9.53 Å².